The van der Waals surface area contributed by atoms with Crippen LogP contribution < -0.4 is 10.2 Å². The van der Waals surface area contributed by atoms with Gasteiger partial charge >= 0.3 is 0 Å². The van der Waals surface area contributed by atoms with E-state index in [9.17, 15) is 28.2 Å². The second-order valence-electron chi connectivity index (χ2n) is 10.8. The number of phenols is 2. The fraction of sp³-hybridized carbons (Fsp3) is 0.333. The van der Waals surface area contributed by atoms with Gasteiger partial charge in [-0.1, -0.05) is 42.7 Å². The zero-order valence-electron chi connectivity index (χ0n) is 23.9. The maximum atomic E-state index is 14.2. The molecule has 1 heterocycles. The van der Waals surface area contributed by atoms with Crippen molar-refractivity contribution in [3.8, 4) is 11.5 Å². The molecule has 0 radical (unpaired) electrons. The van der Waals surface area contributed by atoms with Gasteiger partial charge in [-0.3, -0.25) is 14.5 Å². The Balaban J connectivity index is 1.61. The van der Waals surface area contributed by atoms with E-state index in [1.54, 1.807) is 18.2 Å². The Morgan fingerprint density at radius 2 is 1.67 bits per heavy atom. The molecule has 226 valence electrons. The zero-order valence-corrected chi connectivity index (χ0v) is 24.7. The van der Waals surface area contributed by atoms with Crippen LogP contribution in [0.25, 0.3) is 11.0 Å². The molecule has 1 aliphatic carbocycles. The van der Waals surface area contributed by atoms with Crippen molar-refractivity contribution in [1.29, 1.82) is 0 Å². The van der Waals surface area contributed by atoms with Crippen LogP contribution in [0.15, 0.2) is 71.6 Å². The van der Waals surface area contributed by atoms with E-state index in [2.05, 4.69) is 15.6 Å². The Hall–Kier alpha value is -4.49. The highest BCUT2D eigenvalue weighted by molar-refractivity contribution is 7.89. The van der Waals surface area contributed by atoms with Gasteiger partial charge < -0.3 is 15.5 Å². The molecule has 1 fully saturated rings. The zero-order chi connectivity index (χ0) is 30.7. The third-order valence-corrected chi connectivity index (χ3v) is 9.47. The molecular weight excluding hydrogens is 572 g/mol. The van der Waals surface area contributed by atoms with Crippen molar-refractivity contribution in [3.05, 3.63) is 72.3 Å². The van der Waals surface area contributed by atoms with E-state index < -0.39 is 33.6 Å². The molecule has 0 aliphatic heterocycles. The summed E-state index contributed by atoms with van der Waals surface area (Å²) in [5.41, 5.74) is 1.72. The van der Waals surface area contributed by atoms with Gasteiger partial charge in [0.15, 0.2) is 11.5 Å². The van der Waals surface area contributed by atoms with Crippen molar-refractivity contribution in [2.45, 2.75) is 55.6 Å². The lowest BCUT2D eigenvalue weighted by atomic mass is 9.94. The number of anilines is 1. The number of nitrogens with one attached hydrogen (secondary N) is 1. The van der Waals surface area contributed by atoms with Crippen molar-refractivity contribution >= 4 is 38.6 Å². The average Bonchev–Trinajstić information content (AvgIpc) is 3.40. The topological polar surface area (TPSA) is 158 Å². The van der Waals surface area contributed by atoms with E-state index in [1.165, 1.54) is 66.1 Å². The quantitative estimate of drug-likeness (QED) is 0.245. The summed E-state index contributed by atoms with van der Waals surface area (Å²) < 4.78 is 28.0. The first kappa shape index (κ1) is 30.0. The van der Waals surface area contributed by atoms with Crippen molar-refractivity contribution in [1.82, 2.24) is 24.6 Å². The smallest absolute Gasteiger partial charge is 0.249 e. The van der Waals surface area contributed by atoms with Crippen LogP contribution in [0.4, 0.5) is 5.69 Å². The van der Waals surface area contributed by atoms with Crippen molar-refractivity contribution in [2.24, 2.45) is 0 Å². The van der Waals surface area contributed by atoms with E-state index in [0.717, 1.165) is 36.4 Å². The van der Waals surface area contributed by atoms with Gasteiger partial charge in [-0.25, -0.2) is 17.4 Å². The number of phenolic OH excluding ortho intramolecular Hbond substituents is 2. The Morgan fingerprint density at radius 1 is 0.977 bits per heavy atom. The molecule has 12 nitrogen and oxygen atoms in total. The van der Waals surface area contributed by atoms with E-state index in [1.807, 2.05) is 6.07 Å². The third kappa shape index (κ3) is 6.32. The molecule has 0 unspecified atom stereocenters. The molecule has 1 aromatic heterocycles. The maximum Gasteiger partial charge on any atom is 0.249 e. The number of benzene rings is 3. The van der Waals surface area contributed by atoms with Gasteiger partial charge in [0.1, 0.15) is 18.1 Å². The van der Waals surface area contributed by atoms with Crippen LogP contribution in [-0.4, -0.2) is 69.9 Å². The number of aromatic nitrogens is 3. The molecule has 1 atom stereocenters. The molecule has 2 amide bonds. The van der Waals surface area contributed by atoms with Crippen molar-refractivity contribution < 1.29 is 28.2 Å². The minimum atomic E-state index is -3.76. The van der Waals surface area contributed by atoms with Gasteiger partial charge in [0.2, 0.25) is 21.8 Å². The molecule has 13 heteroatoms. The highest BCUT2D eigenvalue weighted by atomic mass is 32.2. The first-order valence-electron chi connectivity index (χ1n) is 14.0. The second kappa shape index (κ2) is 12.4. The van der Waals surface area contributed by atoms with Gasteiger partial charge in [-0.05, 0) is 66.9 Å². The molecule has 5 rings (SSSR count). The first-order valence-corrected chi connectivity index (χ1v) is 15.5. The number of rotatable bonds is 9. The number of carbonyl (C=O) groups is 2. The third-order valence-electron chi connectivity index (χ3n) is 7.64. The summed E-state index contributed by atoms with van der Waals surface area (Å²) >= 11 is 0. The largest absolute Gasteiger partial charge is 0.504 e. The average molecular weight is 607 g/mol. The number of fused-ring (bicyclic) bond motifs is 1. The predicted molar refractivity (Wildman–Crippen MR) is 160 cm³/mol. The van der Waals surface area contributed by atoms with E-state index >= 15 is 0 Å². The summed E-state index contributed by atoms with van der Waals surface area (Å²) in [7, 11) is -0.914. The van der Waals surface area contributed by atoms with Crippen LogP contribution in [0.2, 0.25) is 0 Å². The number of hydrogen-bond donors (Lipinski definition) is 3. The van der Waals surface area contributed by atoms with Gasteiger partial charge in [0.25, 0.3) is 0 Å². The molecule has 1 saturated carbocycles. The van der Waals surface area contributed by atoms with Gasteiger partial charge in [0, 0.05) is 25.8 Å². The fourth-order valence-electron chi connectivity index (χ4n) is 5.32. The predicted octanol–water partition coefficient (Wildman–Crippen LogP) is 3.32. The molecule has 3 aromatic carbocycles. The lowest BCUT2D eigenvalue weighted by Crippen LogP contribution is -2.48. The standard InChI is InChI=1S/C30H34N6O6S/c1-34(2)43(41,42)23-15-13-22(14-16-23)36(28(39)19-35-25-11-7-6-10-24(25)32-33-35)29(20-12-17-26(37)27(38)18-20)30(40)31-21-8-4-3-5-9-21/h6-7,10-18,21,29,37-38H,3-5,8-9,19H2,1-2H3,(H,31,40)/t29-/m0/s1. The number of para-hydroxylation sites is 1. The Bertz CT molecular complexity index is 1730. The normalized spacial score (nSPS) is 15.0. The van der Waals surface area contributed by atoms with Gasteiger partial charge in [-0.15, -0.1) is 5.10 Å². The molecule has 3 N–H and O–H groups in total. The summed E-state index contributed by atoms with van der Waals surface area (Å²) in [5.74, 6) is -1.83. The highest BCUT2D eigenvalue weighted by Crippen LogP contribution is 2.34. The molecule has 0 spiro atoms. The number of nitrogens with zero attached hydrogens (tertiary/aromatic N) is 5. The van der Waals surface area contributed by atoms with Crippen LogP contribution in [0, 0.1) is 0 Å². The highest BCUT2D eigenvalue weighted by Gasteiger charge is 2.35. The van der Waals surface area contributed by atoms with E-state index in [4.69, 9.17) is 0 Å². The van der Waals surface area contributed by atoms with Crippen LogP contribution in [0.5, 0.6) is 11.5 Å². The molecule has 43 heavy (non-hydrogen) atoms. The molecule has 1 aliphatic rings. The lowest BCUT2D eigenvalue weighted by molar-refractivity contribution is -0.127. The van der Waals surface area contributed by atoms with Crippen LogP contribution in [-0.2, 0) is 26.2 Å². The van der Waals surface area contributed by atoms with Crippen LogP contribution in [0.3, 0.4) is 0 Å². The molecule has 0 saturated heterocycles. The van der Waals surface area contributed by atoms with Crippen LogP contribution >= 0.6 is 0 Å². The van der Waals surface area contributed by atoms with E-state index in [-0.39, 0.29) is 34.5 Å². The number of carbonyl (C=O) groups excluding carboxylic acids is 2. The Morgan fingerprint density at radius 3 is 2.35 bits per heavy atom. The van der Waals surface area contributed by atoms with E-state index in [0.29, 0.717) is 11.0 Å². The Labute approximate surface area is 249 Å². The summed E-state index contributed by atoms with van der Waals surface area (Å²) in [5, 5.41) is 31.7. The van der Waals surface area contributed by atoms with Gasteiger partial charge in [-0.2, -0.15) is 0 Å². The van der Waals surface area contributed by atoms with Crippen molar-refractivity contribution in [2.75, 3.05) is 19.0 Å². The number of sulfonamides is 1. The van der Waals surface area contributed by atoms with Gasteiger partial charge in [0.05, 0.1) is 10.4 Å². The Kier molecular flexibility index (Phi) is 8.64. The molecule has 0 bridgehead atoms. The van der Waals surface area contributed by atoms with Crippen molar-refractivity contribution in [3.63, 3.8) is 0 Å². The first-order chi connectivity index (χ1) is 20.6. The number of aromatic hydroxyl groups is 2. The second-order valence-corrected chi connectivity index (χ2v) is 12.9. The number of amides is 2. The maximum absolute atomic E-state index is 14.2. The van der Waals surface area contributed by atoms with Crippen LogP contribution in [0.1, 0.15) is 43.7 Å². The monoisotopic (exact) mass is 606 g/mol. The SMILES string of the molecule is CN(C)S(=O)(=O)c1ccc(N(C(=O)Cn2nnc3ccccc32)[C@H](C(=O)NC2CCCCC2)c2ccc(O)c(O)c2)cc1. The lowest BCUT2D eigenvalue weighted by Gasteiger charge is -2.33. The fourth-order valence-corrected chi connectivity index (χ4v) is 6.22. The molecule has 4 aromatic rings. The summed E-state index contributed by atoms with van der Waals surface area (Å²) in [4.78, 5) is 29.6. The minimum absolute atomic E-state index is 0.0152. The summed E-state index contributed by atoms with van der Waals surface area (Å²) in [6.45, 7) is -0.282. The minimum Gasteiger partial charge on any atom is -0.504 e. The molecular formula is C30H34N6O6S. The summed E-state index contributed by atoms with van der Waals surface area (Å²) in [6.07, 6.45) is 4.63. The number of hydrogen-bond acceptors (Lipinski definition) is 8. The summed E-state index contributed by atoms with van der Waals surface area (Å²) in [6, 6.07) is 15.5.